The molecule has 2 N–H and O–H groups in total. The number of alkyl halides is 3. The fourth-order valence-corrected chi connectivity index (χ4v) is 1.72. The second-order valence-electron chi connectivity index (χ2n) is 4.86. The average molecular weight is 353 g/mol. The van der Waals surface area contributed by atoms with Gasteiger partial charge in [-0.1, -0.05) is 18.2 Å². The number of para-hydroxylation sites is 1. The van der Waals surface area contributed by atoms with E-state index < -0.39 is 23.6 Å². The van der Waals surface area contributed by atoms with Crippen LogP contribution in [0.5, 0.6) is 5.75 Å². The van der Waals surface area contributed by atoms with Gasteiger partial charge in [-0.25, -0.2) is 4.98 Å². The lowest BCUT2D eigenvalue weighted by Crippen LogP contribution is -2.35. The zero-order valence-corrected chi connectivity index (χ0v) is 12.8. The summed E-state index contributed by atoms with van der Waals surface area (Å²) in [7, 11) is 0. The van der Waals surface area contributed by atoms with Crippen molar-refractivity contribution in [1.82, 2.24) is 10.3 Å². The molecule has 0 aliphatic carbocycles. The van der Waals surface area contributed by atoms with Crippen LogP contribution in [0.1, 0.15) is 5.56 Å². The maximum atomic E-state index is 12.4. The van der Waals surface area contributed by atoms with Crippen LogP contribution in [0.15, 0.2) is 48.7 Å². The van der Waals surface area contributed by atoms with E-state index in [-0.39, 0.29) is 19.0 Å². The van der Waals surface area contributed by atoms with E-state index in [1.54, 1.807) is 30.3 Å². The molecule has 0 aliphatic rings. The number of rotatable bonds is 6. The third-order valence-electron chi connectivity index (χ3n) is 2.92. The molecule has 2 rings (SSSR count). The van der Waals surface area contributed by atoms with Crippen LogP contribution in [0.25, 0.3) is 0 Å². The monoisotopic (exact) mass is 353 g/mol. The summed E-state index contributed by atoms with van der Waals surface area (Å²) in [4.78, 5) is 26.7. The molecule has 1 aromatic carbocycles. The number of halogens is 3. The largest absolute Gasteiger partial charge is 0.484 e. The van der Waals surface area contributed by atoms with E-state index in [9.17, 15) is 22.8 Å². The third kappa shape index (κ3) is 6.13. The maximum absolute atomic E-state index is 12.4. The topological polar surface area (TPSA) is 80.3 Å². The number of carbonyl (C=O) groups is 2. The minimum Gasteiger partial charge on any atom is -0.484 e. The molecule has 0 radical (unpaired) electrons. The van der Waals surface area contributed by atoms with Crippen LogP contribution in [0.3, 0.4) is 0 Å². The van der Waals surface area contributed by atoms with Crippen molar-refractivity contribution in [3.05, 3.63) is 54.2 Å². The van der Waals surface area contributed by atoms with Crippen LogP contribution < -0.4 is 15.4 Å². The van der Waals surface area contributed by atoms with Gasteiger partial charge in [0.05, 0.1) is 12.1 Å². The molecule has 0 unspecified atom stereocenters. The summed E-state index contributed by atoms with van der Waals surface area (Å²) < 4.78 is 42.4. The number of nitrogens with one attached hydrogen (secondary N) is 2. The van der Waals surface area contributed by atoms with Gasteiger partial charge in [-0.3, -0.25) is 9.59 Å². The van der Waals surface area contributed by atoms with E-state index in [0.29, 0.717) is 11.9 Å². The second-order valence-corrected chi connectivity index (χ2v) is 4.86. The maximum Gasteiger partial charge on any atom is 0.417 e. The minimum atomic E-state index is -4.50. The first-order chi connectivity index (χ1) is 11.8. The standard InChI is InChI=1S/C16H14F3N3O3/c17-16(18,19)11-6-7-13(20-8-11)22-14(23)9-21-15(24)10-25-12-4-2-1-3-5-12/h1-8H,9-10H2,(H,21,24)(H,20,22,23). The zero-order valence-electron chi connectivity index (χ0n) is 12.8. The number of hydrogen-bond donors (Lipinski definition) is 2. The molecule has 2 aromatic rings. The van der Waals surface area contributed by atoms with E-state index in [0.717, 1.165) is 12.1 Å². The number of ether oxygens (including phenoxy) is 1. The number of amides is 2. The van der Waals surface area contributed by atoms with E-state index in [1.807, 2.05) is 0 Å². The van der Waals surface area contributed by atoms with Crippen LogP contribution in [0, 0.1) is 0 Å². The molecule has 1 aromatic heterocycles. The first kappa shape index (κ1) is 18.2. The van der Waals surface area contributed by atoms with Gasteiger partial charge in [-0.2, -0.15) is 13.2 Å². The lowest BCUT2D eigenvalue weighted by atomic mass is 10.3. The minimum absolute atomic E-state index is 0.0483. The molecule has 0 saturated heterocycles. The number of benzene rings is 1. The molecular weight excluding hydrogens is 339 g/mol. The Kier molecular flexibility index (Phi) is 5.93. The molecule has 0 atom stereocenters. The van der Waals surface area contributed by atoms with Crippen molar-refractivity contribution < 1.29 is 27.5 Å². The Morgan fingerprint density at radius 1 is 1.04 bits per heavy atom. The molecule has 0 spiro atoms. The normalized spacial score (nSPS) is 10.8. The third-order valence-corrected chi connectivity index (χ3v) is 2.92. The summed E-state index contributed by atoms with van der Waals surface area (Å²) in [5.41, 5.74) is -0.920. The van der Waals surface area contributed by atoms with Crippen LogP contribution in [-0.2, 0) is 15.8 Å². The number of carbonyl (C=O) groups excluding carboxylic acids is 2. The first-order valence-electron chi connectivity index (χ1n) is 7.12. The number of nitrogens with zero attached hydrogens (tertiary/aromatic N) is 1. The van der Waals surface area contributed by atoms with Gasteiger partial charge < -0.3 is 15.4 Å². The summed E-state index contributed by atoms with van der Waals surface area (Å²) >= 11 is 0. The van der Waals surface area contributed by atoms with Gasteiger partial charge in [0.15, 0.2) is 6.61 Å². The number of hydrogen-bond acceptors (Lipinski definition) is 4. The summed E-state index contributed by atoms with van der Waals surface area (Å²) in [5, 5.41) is 4.60. The van der Waals surface area contributed by atoms with E-state index in [2.05, 4.69) is 15.6 Å². The van der Waals surface area contributed by atoms with Gasteiger partial charge in [0.25, 0.3) is 5.91 Å². The molecule has 1 heterocycles. The second kappa shape index (κ2) is 8.13. The van der Waals surface area contributed by atoms with E-state index >= 15 is 0 Å². The molecule has 6 nitrogen and oxygen atoms in total. The van der Waals surface area contributed by atoms with Gasteiger partial charge in [0.1, 0.15) is 11.6 Å². The number of aromatic nitrogens is 1. The fourth-order valence-electron chi connectivity index (χ4n) is 1.72. The Labute approximate surface area is 141 Å². The van der Waals surface area contributed by atoms with Crippen molar-refractivity contribution in [1.29, 1.82) is 0 Å². The van der Waals surface area contributed by atoms with Crippen molar-refractivity contribution in [3.8, 4) is 5.75 Å². The quantitative estimate of drug-likeness (QED) is 0.835. The van der Waals surface area contributed by atoms with Gasteiger partial charge in [-0.15, -0.1) is 0 Å². The van der Waals surface area contributed by atoms with Crippen molar-refractivity contribution in [2.75, 3.05) is 18.5 Å². The van der Waals surface area contributed by atoms with Crippen LogP contribution >= 0.6 is 0 Å². The molecule has 132 valence electrons. The van der Waals surface area contributed by atoms with Crippen LogP contribution in [0.4, 0.5) is 19.0 Å². The Hall–Kier alpha value is -3.10. The van der Waals surface area contributed by atoms with Gasteiger partial charge in [0, 0.05) is 6.20 Å². The van der Waals surface area contributed by atoms with Crippen LogP contribution in [-0.4, -0.2) is 29.9 Å². The van der Waals surface area contributed by atoms with Gasteiger partial charge >= 0.3 is 6.18 Å². The lowest BCUT2D eigenvalue weighted by Gasteiger charge is -2.09. The number of anilines is 1. The summed E-state index contributed by atoms with van der Waals surface area (Å²) in [6.07, 6.45) is -3.88. The van der Waals surface area contributed by atoms with Gasteiger partial charge in [-0.05, 0) is 24.3 Å². The molecule has 2 amide bonds. The van der Waals surface area contributed by atoms with Crippen molar-refractivity contribution >= 4 is 17.6 Å². The fraction of sp³-hybridized carbons (Fsp3) is 0.188. The van der Waals surface area contributed by atoms with Crippen molar-refractivity contribution in [2.24, 2.45) is 0 Å². The highest BCUT2D eigenvalue weighted by Crippen LogP contribution is 2.28. The Balaban J connectivity index is 1.74. The molecular formula is C16H14F3N3O3. The highest BCUT2D eigenvalue weighted by molar-refractivity contribution is 5.93. The molecule has 25 heavy (non-hydrogen) atoms. The Morgan fingerprint density at radius 2 is 1.76 bits per heavy atom. The smallest absolute Gasteiger partial charge is 0.417 e. The van der Waals surface area contributed by atoms with E-state index in [1.165, 1.54) is 0 Å². The lowest BCUT2D eigenvalue weighted by molar-refractivity contribution is -0.137. The Morgan fingerprint density at radius 3 is 2.36 bits per heavy atom. The SMILES string of the molecule is O=C(COc1ccccc1)NCC(=O)Nc1ccc(C(F)(F)F)cn1. The Bertz CT molecular complexity index is 719. The van der Waals surface area contributed by atoms with Crippen molar-refractivity contribution in [3.63, 3.8) is 0 Å². The zero-order chi connectivity index (χ0) is 18.3. The van der Waals surface area contributed by atoms with E-state index in [4.69, 9.17) is 4.74 Å². The van der Waals surface area contributed by atoms with Gasteiger partial charge in [0.2, 0.25) is 5.91 Å². The predicted octanol–water partition coefficient (Wildman–Crippen LogP) is 2.23. The van der Waals surface area contributed by atoms with Crippen LogP contribution in [0.2, 0.25) is 0 Å². The predicted molar refractivity (Wildman–Crippen MR) is 82.8 cm³/mol. The summed E-state index contributed by atoms with van der Waals surface area (Å²) in [5.74, 6) is -0.677. The van der Waals surface area contributed by atoms with Crippen molar-refractivity contribution in [2.45, 2.75) is 6.18 Å². The molecule has 9 heteroatoms. The summed E-state index contributed by atoms with van der Waals surface area (Å²) in [6.45, 7) is -0.629. The first-order valence-corrected chi connectivity index (χ1v) is 7.12. The molecule has 0 aliphatic heterocycles. The number of pyridine rings is 1. The average Bonchev–Trinajstić information content (AvgIpc) is 2.59. The highest BCUT2D eigenvalue weighted by atomic mass is 19.4. The summed E-state index contributed by atoms with van der Waals surface area (Å²) in [6, 6.07) is 10.5. The molecule has 0 fully saturated rings. The molecule has 0 bridgehead atoms. The molecule has 0 saturated carbocycles. The highest BCUT2D eigenvalue weighted by Gasteiger charge is 2.30.